The molecule has 3 aromatic rings. The third-order valence-corrected chi connectivity index (χ3v) is 4.57. The van der Waals surface area contributed by atoms with Crippen LogP contribution >= 0.6 is 22.9 Å². The van der Waals surface area contributed by atoms with Crippen molar-refractivity contribution in [2.24, 2.45) is 5.10 Å². The molecule has 1 amide bonds. The molecule has 8 heteroatoms. The summed E-state index contributed by atoms with van der Waals surface area (Å²) in [5, 5.41) is 6.10. The first-order valence-corrected chi connectivity index (χ1v) is 9.42. The molecule has 1 N–H and O–H groups in total. The fraction of sp³-hybridized carbons (Fsp3) is 0.0500. The predicted octanol–water partition coefficient (Wildman–Crippen LogP) is 4.15. The minimum Gasteiger partial charge on any atom is -0.482 e. The van der Waals surface area contributed by atoms with Gasteiger partial charge in [-0.15, -0.1) is 11.3 Å². The van der Waals surface area contributed by atoms with E-state index >= 15 is 0 Å². The molecule has 2 aromatic carbocycles. The Morgan fingerprint density at radius 2 is 1.86 bits per heavy atom. The van der Waals surface area contributed by atoms with E-state index in [9.17, 15) is 9.59 Å². The Balaban J connectivity index is 1.46. The number of carbonyl (C=O) groups excluding carboxylic acids is 2. The lowest BCUT2D eigenvalue weighted by Crippen LogP contribution is -2.24. The summed E-state index contributed by atoms with van der Waals surface area (Å²) in [5.74, 6) is 0.0311. The van der Waals surface area contributed by atoms with Gasteiger partial charge in [0.05, 0.1) is 11.2 Å². The van der Waals surface area contributed by atoms with Crippen molar-refractivity contribution < 1.29 is 19.1 Å². The van der Waals surface area contributed by atoms with E-state index in [1.807, 2.05) is 5.38 Å². The summed E-state index contributed by atoms with van der Waals surface area (Å²) in [5.41, 5.74) is 3.09. The zero-order chi connectivity index (χ0) is 19.8. The lowest BCUT2D eigenvalue weighted by Gasteiger charge is -2.06. The first kappa shape index (κ1) is 19.6. The molecule has 6 nitrogen and oxygen atoms in total. The number of hydrogen-bond donors (Lipinski definition) is 1. The lowest BCUT2D eigenvalue weighted by molar-refractivity contribution is -0.123. The van der Waals surface area contributed by atoms with Gasteiger partial charge in [0.1, 0.15) is 16.4 Å². The van der Waals surface area contributed by atoms with E-state index in [1.165, 1.54) is 17.6 Å². The lowest BCUT2D eigenvalue weighted by atomic mass is 10.2. The number of amides is 1. The number of benzene rings is 2. The van der Waals surface area contributed by atoms with Gasteiger partial charge in [-0.05, 0) is 53.4 Å². The Morgan fingerprint density at radius 3 is 2.57 bits per heavy atom. The van der Waals surface area contributed by atoms with Crippen LogP contribution in [0.2, 0.25) is 5.02 Å². The molecule has 0 aliphatic heterocycles. The van der Waals surface area contributed by atoms with Crippen LogP contribution in [0.15, 0.2) is 71.1 Å². The van der Waals surface area contributed by atoms with Gasteiger partial charge in [0.25, 0.3) is 5.91 Å². The van der Waals surface area contributed by atoms with Crippen molar-refractivity contribution >= 4 is 41.0 Å². The smallest absolute Gasteiger partial charge is 0.353 e. The second-order valence-electron chi connectivity index (χ2n) is 5.45. The molecule has 0 bridgehead atoms. The van der Waals surface area contributed by atoms with Crippen molar-refractivity contribution in [3.8, 4) is 11.5 Å². The second-order valence-corrected chi connectivity index (χ2v) is 6.80. The average Bonchev–Trinajstić information content (AvgIpc) is 3.24. The Morgan fingerprint density at radius 1 is 1.07 bits per heavy atom. The number of nitrogens with one attached hydrogen (secondary N) is 1. The largest absolute Gasteiger partial charge is 0.482 e. The van der Waals surface area contributed by atoms with E-state index in [-0.39, 0.29) is 6.61 Å². The maximum atomic E-state index is 11.9. The van der Waals surface area contributed by atoms with Gasteiger partial charge in [-0.1, -0.05) is 29.8 Å². The van der Waals surface area contributed by atoms with E-state index in [0.29, 0.717) is 21.4 Å². The quantitative estimate of drug-likeness (QED) is 0.273. The first-order valence-electron chi connectivity index (χ1n) is 8.17. The van der Waals surface area contributed by atoms with E-state index in [2.05, 4.69) is 10.5 Å². The van der Waals surface area contributed by atoms with Crippen LogP contribution in [0.25, 0.3) is 0 Å². The molecule has 0 saturated heterocycles. The van der Waals surface area contributed by atoms with Crippen molar-refractivity contribution in [3.05, 3.63) is 81.5 Å². The Kier molecular flexibility index (Phi) is 6.78. The summed E-state index contributed by atoms with van der Waals surface area (Å²) < 4.78 is 10.6. The SMILES string of the molecule is O=C(COc1ccccc1Cl)NN=Cc1ccc(OC(=O)c2cccs2)cc1. The maximum absolute atomic E-state index is 11.9. The first-order chi connectivity index (χ1) is 13.6. The van der Waals surface area contributed by atoms with Crippen LogP contribution in [-0.4, -0.2) is 24.7 Å². The van der Waals surface area contributed by atoms with Crippen LogP contribution in [0.1, 0.15) is 15.2 Å². The van der Waals surface area contributed by atoms with E-state index in [0.717, 1.165) is 5.56 Å². The summed E-state index contributed by atoms with van der Waals surface area (Å²) >= 11 is 7.27. The fourth-order valence-corrected chi connectivity index (χ4v) is 2.88. The molecule has 0 aliphatic rings. The molecule has 0 unspecified atom stereocenters. The van der Waals surface area contributed by atoms with Crippen molar-refractivity contribution in [2.45, 2.75) is 0 Å². The van der Waals surface area contributed by atoms with E-state index in [4.69, 9.17) is 21.1 Å². The van der Waals surface area contributed by atoms with Crippen LogP contribution < -0.4 is 14.9 Å². The molecule has 1 heterocycles. The summed E-state index contributed by atoms with van der Waals surface area (Å²) in [6.45, 7) is -0.210. The van der Waals surface area contributed by atoms with Gasteiger partial charge in [0, 0.05) is 0 Å². The number of esters is 1. The van der Waals surface area contributed by atoms with Crippen molar-refractivity contribution in [1.29, 1.82) is 0 Å². The zero-order valence-electron chi connectivity index (χ0n) is 14.5. The van der Waals surface area contributed by atoms with Crippen molar-refractivity contribution in [3.63, 3.8) is 0 Å². The van der Waals surface area contributed by atoms with Crippen LogP contribution in [0.5, 0.6) is 11.5 Å². The predicted molar refractivity (Wildman–Crippen MR) is 108 cm³/mol. The number of rotatable bonds is 7. The minimum atomic E-state index is -0.419. The van der Waals surface area contributed by atoms with Gasteiger partial charge >= 0.3 is 5.97 Å². The molecule has 0 spiro atoms. The van der Waals surface area contributed by atoms with Crippen molar-refractivity contribution in [1.82, 2.24) is 5.43 Å². The molecule has 0 aliphatic carbocycles. The number of hydrogen-bond acceptors (Lipinski definition) is 6. The molecule has 28 heavy (non-hydrogen) atoms. The van der Waals surface area contributed by atoms with Gasteiger partial charge < -0.3 is 9.47 Å². The number of ether oxygens (including phenoxy) is 2. The molecule has 142 valence electrons. The second kappa shape index (κ2) is 9.68. The highest BCUT2D eigenvalue weighted by atomic mass is 35.5. The van der Waals surface area contributed by atoms with Gasteiger partial charge in [0.2, 0.25) is 0 Å². The molecule has 0 saturated carbocycles. The summed E-state index contributed by atoms with van der Waals surface area (Å²) in [7, 11) is 0. The number of nitrogens with zero attached hydrogens (tertiary/aromatic N) is 1. The van der Waals surface area contributed by atoms with Crippen LogP contribution in [0.4, 0.5) is 0 Å². The topological polar surface area (TPSA) is 77.0 Å². The summed E-state index contributed by atoms with van der Waals surface area (Å²) in [6.07, 6.45) is 1.47. The van der Waals surface area contributed by atoms with Gasteiger partial charge in [-0.25, -0.2) is 10.2 Å². The number of halogens is 1. The number of carbonyl (C=O) groups is 2. The molecule has 0 atom stereocenters. The van der Waals surface area contributed by atoms with E-state index < -0.39 is 11.9 Å². The highest BCUT2D eigenvalue weighted by molar-refractivity contribution is 7.12. The minimum absolute atomic E-state index is 0.210. The number of thiophene rings is 1. The average molecular weight is 415 g/mol. The Bertz CT molecular complexity index is 972. The molecule has 0 radical (unpaired) electrons. The molecule has 0 fully saturated rings. The molecule has 3 rings (SSSR count). The fourth-order valence-electron chi connectivity index (χ4n) is 2.09. The highest BCUT2D eigenvalue weighted by Gasteiger charge is 2.09. The molecular formula is C20H15ClN2O4S. The van der Waals surface area contributed by atoms with Crippen LogP contribution in [0.3, 0.4) is 0 Å². The van der Waals surface area contributed by atoms with Crippen LogP contribution in [-0.2, 0) is 4.79 Å². The number of para-hydroxylation sites is 1. The zero-order valence-corrected chi connectivity index (χ0v) is 16.1. The Labute approximate surface area is 170 Å². The molecular weight excluding hydrogens is 400 g/mol. The van der Waals surface area contributed by atoms with E-state index in [1.54, 1.807) is 60.7 Å². The number of hydrazone groups is 1. The van der Waals surface area contributed by atoms with Gasteiger partial charge in [-0.3, -0.25) is 4.79 Å². The highest BCUT2D eigenvalue weighted by Crippen LogP contribution is 2.22. The molecule has 1 aromatic heterocycles. The monoisotopic (exact) mass is 414 g/mol. The Hall–Kier alpha value is -3.16. The standard InChI is InChI=1S/C20H15ClN2O4S/c21-16-4-1-2-5-17(16)26-13-19(24)23-22-12-14-7-9-15(10-8-14)27-20(25)18-6-3-11-28-18/h1-12H,13H2,(H,23,24). The summed E-state index contributed by atoms with van der Waals surface area (Å²) in [6, 6.07) is 17.1. The van der Waals surface area contributed by atoms with Gasteiger partial charge in [-0.2, -0.15) is 5.10 Å². The third kappa shape index (κ3) is 5.67. The third-order valence-electron chi connectivity index (χ3n) is 3.41. The van der Waals surface area contributed by atoms with Crippen LogP contribution in [0, 0.1) is 0 Å². The van der Waals surface area contributed by atoms with Crippen molar-refractivity contribution in [2.75, 3.05) is 6.61 Å². The van der Waals surface area contributed by atoms with Gasteiger partial charge in [0.15, 0.2) is 6.61 Å². The summed E-state index contributed by atoms with van der Waals surface area (Å²) in [4.78, 5) is 24.2. The maximum Gasteiger partial charge on any atom is 0.353 e. The normalized spacial score (nSPS) is 10.6.